The molecule has 1 saturated heterocycles. The van der Waals surface area contributed by atoms with E-state index in [0.717, 1.165) is 32.5 Å². The lowest BCUT2D eigenvalue weighted by Gasteiger charge is -2.13. The van der Waals surface area contributed by atoms with Crippen molar-refractivity contribution in [1.29, 1.82) is 0 Å². The molecule has 76 valence electrons. The summed E-state index contributed by atoms with van der Waals surface area (Å²) in [7, 11) is 0. The maximum absolute atomic E-state index is 11.3. The second kappa shape index (κ2) is 5.97. The van der Waals surface area contributed by atoms with Crippen molar-refractivity contribution >= 4 is 5.91 Å². The zero-order valence-corrected chi connectivity index (χ0v) is 8.51. The standard InChI is InChI=1S/C10H20N2O/c1-2-3-6-11-10(13)9-12-7-4-5-8-12/h2-9H2,1H3,(H,11,13). The van der Waals surface area contributed by atoms with E-state index in [9.17, 15) is 4.79 Å². The maximum atomic E-state index is 11.3. The molecule has 3 heteroatoms. The van der Waals surface area contributed by atoms with Crippen LogP contribution in [0.3, 0.4) is 0 Å². The largest absolute Gasteiger partial charge is 0.355 e. The molecule has 1 fully saturated rings. The lowest BCUT2D eigenvalue weighted by Crippen LogP contribution is -2.36. The van der Waals surface area contributed by atoms with Gasteiger partial charge in [0.05, 0.1) is 6.54 Å². The van der Waals surface area contributed by atoms with Gasteiger partial charge in [0.2, 0.25) is 5.91 Å². The zero-order valence-electron chi connectivity index (χ0n) is 8.51. The Bertz CT molecular complexity index is 153. The van der Waals surface area contributed by atoms with E-state index in [1.807, 2.05) is 0 Å². The second-order valence-electron chi connectivity index (χ2n) is 3.69. The van der Waals surface area contributed by atoms with Gasteiger partial charge in [-0.2, -0.15) is 0 Å². The van der Waals surface area contributed by atoms with Gasteiger partial charge in [-0.3, -0.25) is 9.69 Å². The van der Waals surface area contributed by atoms with Crippen LogP contribution in [0.4, 0.5) is 0 Å². The summed E-state index contributed by atoms with van der Waals surface area (Å²) in [6, 6.07) is 0. The summed E-state index contributed by atoms with van der Waals surface area (Å²) in [5.74, 6) is 0.190. The molecule has 0 aromatic heterocycles. The number of hydrogen-bond acceptors (Lipinski definition) is 2. The molecule has 0 atom stereocenters. The van der Waals surface area contributed by atoms with Crippen LogP contribution in [0.1, 0.15) is 32.6 Å². The number of carbonyl (C=O) groups excluding carboxylic acids is 1. The minimum Gasteiger partial charge on any atom is -0.355 e. The summed E-state index contributed by atoms with van der Waals surface area (Å²) in [6.07, 6.45) is 4.74. The number of rotatable bonds is 5. The lowest BCUT2D eigenvalue weighted by atomic mass is 10.3. The van der Waals surface area contributed by atoms with Gasteiger partial charge in [0.25, 0.3) is 0 Å². The number of unbranched alkanes of at least 4 members (excludes halogenated alkanes) is 1. The van der Waals surface area contributed by atoms with Crippen molar-refractivity contribution < 1.29 is 4.79 Å². The molecule has 0 unspecified atom stereocenters. The van der Waals surface area contributed by atoms with E-state index in [0.29, 0.717) is 6.54 Å². The molecule has 0 saturated carbocycles. The van der Waals surface area contributed by atoms with Crippen molar-refractivity contribution in [3.05, 3.63) is 0 Å². The third-order valence-corrected chi connectivity index (χ3v) is 2.42. The van der Waals surface area contributed by atoms with E-state index in [-0.39, 0.29) is 5.91 Å². The van der Waals surface area contributed by atoms with Gasteiger partial charge in [0.1, 0.15) is 0 Å². The molecule has 1 N–H and O–H groups in total. The van der Waals surface area contributed by atoms with E-state index < -0.39 is 0 Å². The van der Waals surface area contributed by atoms with E-state index >= 15 is 0 Å². The normalized spacial score (nSPS) is 17.6. The van der Waals surface area contributed by atoms with Crippen molar-refractivity contribution in [2.45, 2.75) is 32.6 Å². The van der Waals surface area contributed by atoms with Gasteiger partial charge < -0.3 is 5.32 Å². The minimum atomic E-state index is 0.190. The molecule has 1 heterocycles. The first-order chi connectivity index (χ1) is 6.33. The topological polar surface area (TPSA) is 32.3 Å². The molecule has 0 spiro atoms. The van der Waals surface area contributed by atoms with Crippen LogP contribution in [0.15, 0.2) is 0 Å². The summed E-state index contributed by atoms with van der Waals surface area (Å²) < 4.78 is 0. The fourth-order valence-corrected chi connectivity index (χ4v) is 1.60. The van der Waals surface area contributed by atoms with Crippen molar-refractivity contribution in [3.63, 3.8) is 0 Å². The van der Waals surface area contributed by atoms with E-state index in [1.54, 1.807) is 0 Å². The predicted molar refractivity (Wildman–Crippen MR) is 53.6 cm³/mol. The maximum Gasteiger partial charge on any atom is 0.234 e. The van der Waals surface area contributed by atoms with Crippen LogP contribution >= 0.6 is 0 Å². The molecule has 0 radical (unpaired) electrons. The van der Waals surface area contributed by atoms with E-state index in [2.05, 4.69) is 17.1 Å². The Balaban J connectivity index is 2.02. The molecule has 1 aliphatic rings. The Morgan fingerprint density at radius 3 is 2.69 bits per heavy atom. The van der Waals surface area contributed by atoms with Crippen molar-refractivity contribution in [1.82, 2.24) is 10.2 Å². The Morgan fingerprint density at radius 2 is 2.08 bits per heavy atom. The van der Waals surface area contributed by atoms with Crippen molar-refractivity contribution in [2.24, 2.45) is 0 Å². The number of likely N-dealkylation sites (tertiary alicyclic amines) is 1. The fourth-order valence-electron chi connectivity index (χ4n) is 1.60. The Kier molecular flexibility index (Phi) is 4.83. The second-order valence-corrected chi connectivity index (χ2v) is 3.69. The highest BCUT2D eigenvalue weighted by Gasteiger charge is 2.14. The van der Waals surface area contributed by atoms with Crippen molar-refractivity contribution in [2.75, 3.05) is 26.2 Å². The van der Waals surface area contributed by atoms with Crippen LogP contribution < -0.4 is 5.32 Å². The lowest BCUT2D eigenvalue weighted by molar-refractivity contribution is -0.122. The molecule has 0 aromatic rings. The summed E-state index contributed by atoms with van der Waals surface area (Å²) in [4.78, 5) is 13.5. The van der Waals surface area contributed by atoms with Gasteiger partial charge in [-0.25, -0.2) is 0 Å². The van der Waals surface area contributed by atoms with Crippen molar-refractivity contribution in [3.8, 4) is 0 Å². The summed E-state index contributed by atoms with van der Waals surface area (Å²) in [5, 5.41) is 2.93. The predicted octanol–water partition coefficient (Wildman–Crippen LogP) is 0.998. The molecule has 13 heavy (non-hydrogen) atoms. The highest BCUT2D eigenvalue weighted by Crippen LogP contribution is 2.05. The summed E-state index contributed by atoms with van der Waals surface area (Å²) in [6.45, 7) is 5.77. The highest BCUT2D eigenvalue weighted by molar-refractivity contribution is 5.77. The van der Waals surface area contributed by atoms with Gasteiger partial charge >= 0.3 is 0 Å². The molecule has 1 aliphatic heterocycles. The Hall–Kier alpha value is -0.570. The number of amides is 1. The van der Waals surface area contributed by atoms with Crippen LogP contribution in [0, 0.1) is 0 Å². The third-order valence-electron chi connectivity index (χ3n) is 2.42. The average molecular weight is 184 g/mol. The molecule has 3 nitrogen and oxygen atoms in total. The molecule has 0 bridgehead atoms. The van der Waals surface area contributed by atoms with Gasteiger partial charge in [-0.15, -0.1) is 0 Å². The molecule has 0 aromatic carbocycles. The zero-order chi connectivity index (χ0) is 9.52. The first-order valence-electron chi connectivity index (χ1n) is 5.32. The van der Waals surface area contributed by atoms with E-state index in [4.69, 9.17) is 0 Å². The first kappa shape index (κ1) is 10.5. The molecular formula is C10H20N2O. The van der Waals surface area contributed by atoms with Crippen LogP contribution in [-0.4, -0.2) is 37.0 Å². The molecule has 0 aliphatic carbocycles. The van der Waals surface area contributed by atoms with E-state index in [1.165, 1.54) is 12.8 Å². The first-order valence-corrected chi connectivity index (χ1v) is 5.32. The van der Waals surface area contributed by atoms with Gasteiger partial charge in [-0.1, -0.05) is 13.3 Å². The van der Waals surface area contributed by atoms with Gasteiger partial charge in [0, 0.05) is 6.54 Å². The average Bonchev–Trinajstić information content (AvgIpc) is 2.57. The third kappa shape index (κ3) is 4.27. The number of nitrogens with one attached hydrogen (secondary N) is 1. The quantitative estimate of drug-likeness (QED) is 0.646. The molecular weight excluding hydrogens is 164 g/mol. The highest BCUT2D eigenvalue weighted by atomic mass is 16.2. The summed E-state index contributed by atoms with van der Waals surface area (Å²) in [5.41, 5.74) is 0. The number of carbonyl (C=O) groups is 1. The molecule has 1 rings (SSSR count). The number of hydrogen-bond donors (Lipinski definition) is 1. The minimum absolute atomic E-state index is 0.190. The van der Waals surface area contributed by atoms with Crippen LogP contribution in [0.5, 0.6) is 0 Å². The SMILES string of the molecule is CCCCNC(=O)CN1CCCC1. The molecule has 1 amide bonds. The van der Waals surface area contributed by atoms with Gasteiger partial charge in [0.15, 0.2) is 0 Å². The Labute approximate surface area is 80.5 Å². The van der Waals surface area contributed by atoms with Crippen LogP contribution in [0.25, 0.3) is 0 Å². The van der Waals surface area contributed by atoms with Crippen LogP contribution in [0.2, 0.25) is 0 Å². The monoisotopic (exact) mass is 184 g/mol. The fraction of sp³-hybridized carbons (Fsp3) is 0.900. The summed E-state index contributed by atoms with van der Waals surface area (Å²) >= 11 is 0. The number of nitrogens with zero attached hydrogens (tertiary/aromatic N) is 1. The van der Waals surface area contributed by atoms with Gasteiger partial charge in [-0.05, 0) is 32.4 Å². The Morgan fingerprint density at radius 1 is 1.38 bits per heavy atom. The smallest absolute Gasteiger partial charge is 0.234 e. The van der Waals surface area contributed by atoms with Crippen LogP contribution in [-0.2, 0) is 4.79 Å².